The Kier molecular flexibility index (Phi) is 5.67. The summed E-state index contributed by atoms with van der Waals surface area (Å²) in [5.74, 6) is -0.766. The van der Waals surface area contributed by atoms with Gasteiger partial charge in [-0.05, 0) is 38.0 Å². The smallest absolute Gasteiger partial charge is 0.162 e. The van der Waals surface area contributed by atoms with Gasteiger partial charge < -0.3 is 10.5 Å². The van der Waals surface area contributed by atoms with E-state index in [-0.39, 0.29) is 35.1 Å². The first-order valence-corrected chi connectivity index (χ1v) is 9.82. The molecule has 0 aromatic heterocycles. The SMILES string of the molecule is CCCC(=O)c1ccc(F)c([C@]23CO[C@@H](C)C[C@H]2[C@@H](CF)SC(N)=N3)c1. The molecular formula is C19H24F2N2O2S. The van der Waals surface area contributed by atoms with E-state index >= 15 is 0 Å². The molecule has 1 fully saturated rings. The Morgan fingerprint density at radius 3 is 2.96 bits per heavy atom. The number of aliphatic imine (C=N–C) groups is 1. The average Bonchev–Trinajstić information content (AvgIpc) is 2.62. The molecule has 0 aliphatic carbocycles. The standard InChI is InChI=1S/C19H24F2N2O2S/c1-3-4-16(24)12-5-6-15(21)13(8-12)19-10-25-11(2)7-14(19)17(9-20)26-18(22)23-19/h5-6,8,11,14,17H,3-4,7,9-10H2,1-2H3,(H2,22,23)/t11-,14-,17+,19+/m0/s1. The van der Waals surface area contributed by atoms with Gasteiger partial charge in [0, 0.05) is 28.7 Å². The van der Waals surface area contributed by atoms with Gasteiger partial charge in [-0.25, -0.2) is 13.8 Å². The van der Waals surface area contributed by atoms with Gasteiger partial charge >= 0.3 is 0 Å². The average molecular weight is 382 g/mol. The van der Waals surface area contributed by atoms with E-state index in [1.54, 1.807) is 6.07 Å². The van der Waals surface area contributed by atoms with Crippen LogP contribution >= 0.6 is 11.8 Å². The van der Waals surface area contributed by atoms with Crippen molar-refractivity contribution in [2.45, 2.75) is 50.0 Å². The van der Waals surface area contributed by atoms with Crippen LogP contribution in [0.25, 0.3) is 0 Å². The number of nitrogens with two attached hydrogens (primary N) is 1. The van der Waals surface area contributed by atoms with Crippen LogP contribution < -0.4 is 5.73 Å². The summed E-state index contributed by atoms with van der Waals surface area (Å²) in [4.78, 5) is 16.9. The Balaban J connectivity index is 2.13. The number of nitrogens with zero attached hydrogens (tertiary/aromatic N) is 1. The van der Waals surface area contributed by atoms with Crippen LogP contribution in [0, 0.1) is 11.7 Å². The summed E-state index contributed by atoms with van der Waals surface area (Å²) < 4.78 is 34.4. The van der Waals surface area contributed by atoms with E-state index in [4.69, 9.17) is 10.5 Å². The summed E-state index contributed by atoms with van der Waals surface area (Å²) in [5, 5.41) is -0.181. The fourth-order valence-electron chi connectivity index (χ4n) is 3.91. The molecule has 0 unspecified atom stereocenters. The molecule has 4 nitrogen and oxygen atoms in total. The van der Waals surface area contributed by atoms with E-state index in [0.717, 1.165) is 0 Å². The fourth-order valence-corrected chi connectivity index (χ4v) is 5.00. The van der Waals surface area contributed by atoms with Gasteiger partial charge in [0.2, 0.25) is 0 Å². The van der Waals surface area contributed by atoms with Crippen molar-refractivity contribution in [3.05, 3.63) is 35.1 Å². The highest BCUT2D eigenvalue weighted by Crippen LogP contribution is 2.50. The lowest BCUT2D eigenvalue weighted by molar-refractivity contribution is -0.0557. The summed E-state index contributed by atoms with van der Waals surface area (Å²) >= 11 is 1.20. The van der Waals surface area contributed by atoms with Gasteiger partial charge in [0.05, 0.1) is 12.7 Å². The third-order valence-corrected chi connectivity index (χ3v) is 6.29. The molecule has 2 aliphatic heterocycles. The molecule has 0 amide bonds. The number of hydrogen-bond donors (Lipinski definition) is 1. The number of carbonyl (C=O) groups excluding carboxylic acids is 1. The topological polar surface area (TPSA) is 64.7 Å². The lowest BCUT2D eigenvalue weighted by atomic mass is 9.72. The molecule has 0 saturated carbocycles. The van der Waals surface area contributed by atoms with Gasteiger partial charge in [-0.3, -0.25) is 4.79 Å². The van der Waals surface area contributed by atoms with Crippen LogP contribution in [-0.2, 0) is 10.3 Å². The van der Waals surface area contributed by atoms with E-state index in [0.29, 0.717) is 24.8 Å². The fraction of sp³-hybridized carbons (Fsp3) is 0.579. The van der Waals surface area contributed by atoms with E-state index in [9.17, 15) is 13.6 Å². The number of thioether (sulfide) groups is 1. The minimum absolute atomic E-state index is 0.0454. The Morgan fingerprint density at radius 2 is 2.27 bits per heavy atom. The normalized spacial score (nSPS) is 31.2. The molecule has 4 atom stereocenters. The highest BCUT2D eigenvalue weighted by molar-refractivity contribution is 8.14. The quantitative estimate of drug-likeness (QED) is 0.786. The second kappa shape index (κ2) is 7.64. The lowest BCUT2D eigenvalue weighted by Gasteiger charge is -2.48. The number of hydrogen-bond acceptors (Lipinski definition) is 5. The number of benzene rings is 1. The minimum Gasteiger partial charge on any atom is -0.379 e. The summed E-state index contributed by atoms with van der Waals surface area (Å²) in [6, 6.07) is 4.34. The number of halogens is 2. The first-order valence-electron chi connectivity index (χ1n) is 8.94. The Hall–Kier alpha value is -1.47. The van der Waals surface area contributed by atoms with Gasteiger partial charge in [0.15, 0.2) is 11.0 Å². The molecule has 1 aromatic rings. The first-order chi connectivity index (χ1) is 12.4. The van der Waals surface area contributed by atoms with Crippen LogP contribution in [0.1, 0.15) is 49.0 Å². The summed E-state index contributed by atoms with van der Waals surface area (Å²) in [5.41, 5.74) is 5.59. The number of ether oxygens (including phenoxy) is 1. The van der Waals surface area contributed by atoms with Crippen molar-refractivity contribution < 1.29 is 18.3 Å². The third-order valence-electron chi connectivity index (χ3n) is 5.20. The Bertz CT molecular complexity index is 727. The van der Waals surface area contributed by atoms with E-state index in [1.165, 1.54) is 23.9 Å². The van der Waals surface area contributed by atoms with Crippen LogP contribution in [0.3, 0.4) is 0 Å². The molecule has 26 heavy (non-hydrogen) atoms. The first kappa shape index (κ1) is 19.3. The summed E-state index contributed by atoms with van der Waals surface area (Å²) in [6.45, 7) is 3.39. The largest absolute Gasteiger partial charge is 0.379 e. The van der Waals surface area contributed by atoms with E-state index < -0.39 is 23.3 Å². The number of fused-ring (bicyclic) bond motifs is 1. The second-order valence-electron chi connectivity index (χ2n) is 7.02. The van der Waals surface area contributed by atoms with Crippen molar-refractivity contribution in [2.75, 3.05) is 13.3 Å². The van der Waals surface area contributed by atoms with Gasteiger partial charge in [-0.15, -0.1) is 0 Å². The van der Waals surface area contributed by atoms with Crippen molar-refractivity contribution >= 4 is 22.7 Å². The zero-order chi connectivity index (χ0) is 18.9. The number of rotatable bonds is 5. The van der Waals surface area contributed by atoms with Gasteiger partial charge in [0.25, 0.3) is 0 Å². The monoisotopic (exact) mass is 382 g/mol. The van der Waals surface area contributed by atoms with Gasteiger partial charge in [0.1, 0.15) is 18.0 Å². The number of alkyl halides is 1. The van der Waals surface area contributed by atoms with Crippen molar-refractivity contribution in [3.63, 3.8) is 0 Å². The maximum absolute atomic E-state index is 14.8. The van der Waals surface area contributed by atoms with Crippen molar-refractivity contribution in [3.8, 4) is 0 Å². The molecule has 3 rings (SSSR count). The number of carbonyl (C=O) groups is 1. The zero-order valence-electron chi connectivity index (χ0n) is 15.0. The predicted molar refractivity (Wildman–Crippen MR) is 99.8 cm³/mol. The van der Waals surface area contributed by atoms with Gasteiger partial charge in [-0.1, -0.05) is 18.7 Å². The molecular weight excluding hydrogens is 358 g/mol. The lowest BCUT2D eigenvalue weighted by Crippen LogP contribution is -2.53. The van der Waals surface area contributed by atoms with Crippen LogP contribution in [0.5, 0.6) is 0 Å². The maximum atomic E-state index is 14.8. The molecule has 2 aliphatic rings. The van der Waals surface area contributed by atoms with Crippen LogP contribution in [-0.4, -0.2) is 35.6 Å². The highest BCUT2D eigenvalue weighted by Gasteiger charge is 2.52. The van der Waals surface area contributed by atoms with Gasteiger partial charge in [-0.2, -0.15) is 0 Å². The third kappa shape index (κ3) is 3.39. The minimum atomic E-state index is -1.09. The van der Waals surface area contributed by atoms with E-state index in [2.05, 4.69) is 4.99 Å². The van der Waals surface area contributed by atoms with Crippen LogP contribution in [0.15, 0.2) is 23.2 Å². The highest BCUT2D eigenvalue weighted by atomic mass is 32.2. The van der Waals surface area contributed by atoms with Crippen molar-refractivity contribution in [1.82, 2.24) is 0 Å². The van der Waals surface area contributed by atoms with Crippen molar-refractivity contribution in [2.24, 2.45) is 16.6 Å². The van der Waals surface area contributed by atoms with E-state index in [1.807, 2.05) is 13.8 Å². The molecule has 1 aromatic carbocycles. The zero-order valence-corrected chi connectivity index (χ0v) is 15.8. The molecule has 0 bridgehead atoms. The molecule has 1 saturated heterocycles. The number of amidine groups is 1. The molecule has 0 spiro atoms. The number of Topliss-reactive ketones (excluding diaryl/α,β-unsaturated/α-hetero) is 1. The summed E-state index contributed by atoms with van der Waals surface area (Å²) in [6.07, 6.45) is 1.60. The Labute approximate surface area is 156 Å². The van der Waals surface area contributed by atoms with Crippen molar-refractivity contribution in [1.29, 1.82) is 0 Å². The predicted octanol–water partition coefficient (Wildman–Crippen LogP) is 3.83. The molecule has 2 heterocycles. The summed E-state index contributed by atoms with van der Waals surface area (Å²) in [7, 11) is 0. The number of ketones is 1. The molecule has 7 heteroatoms. The molecule has 0 radical (unpaired) electrons. The molecule has 142 valence electrons. The molecule has 2 N–H and O–H groups in total. The maximum Gasteiger partial charge on any atom is 0.162 e. The van der Waals surface area contributed by atoms with Crippen LogP contribution in [0.4, 0.5) is 8.78 Å². The second-order valence-corrected chi connectivity index (χ2v) is 8.28. The Morgan fingerprint density at radius 1 is 1.50 bits per heavy atom. The van der Waals surface area contributed by atoms with Crippen LogP contribution in [0.2, 0.25) is 0 Å².